The molecule has 0 unspecified atom stereocenters. The quantitative estimate of drug-likeness (QED) is 0.847. The molecule has 0 saturated carbocycles. The number of ether oxygens (including phenoxy) is 1. The molecule has 0 aliphatic heterocycles. The molecule has 0 aliphatic rings. The average Bonchev–Trinajstić information content (AvgIpc) is 2.49. The van der Waals surface area contributed by atoms with Gasteiger partial charge >= 0.3 is 0 Å². The third-order valence-electron chi connectivity index (χ3n) is 3.28. The Morgan fingerprint density at radius 2 is 1.85 bits per heavy atom. The molecule has 2 aromatic rings. The van der Waals surface area contributed by atoms with Gasteiger partial charge in [0.1, 0.15) is 5.75 Å². The number of carbonyl (C=O) groups excluding carboxylic acids is 1. The molecule has 20 heavy (non-hydrogen) atoms. The molecule has 2 aromatic carbocycles. The monoisotopic (exact) mass is 269 g/mol. The van der Waals surface area contributed by atoms with E-state index in [1.807, 2.05) is 56.3 Å². The van der Waals surface area contributed by atoms with Crippen LogP contribution in [-0.2, 0) is 0 Å². The number of benzene rings is 2. The summed E-state index contributed by atoms with van der Waals surface area (Å²) >= 11 is 0. The largest absolute Gasteiger partial charge is 0.496 e. The first-order valence-electron chi connectivity index (χ1n) is 6.69. The molecule has 0 fully saturated rings. The molecule has 0 atom stereocenters. The minimum atomic E-state index is -0.0167. The number of para-hydroxylation sites is 1. The van der Waals surface area contributed by atoms with Crippen LogP contribution in [0.15, 0.2) is 48.5 Å². The highest BCUT2D eigenvalue weighted by atomic mass is 16.5. The Bertz CT molecular complexity index is 593. The van der Waals surface area contributed by atoms with E-state index in [2.05, 4.69) is 0 Å². The van der Waals surface area contributed by atoms with E-state index in [1.54, 1.807) is 18.1 Å². The van der Waals surface area contributed by atoms with E-state index in [0.717, 1.165) is 17.0 Å². The van der Waals surface area contributed by atoms with Crippen LogP contribution < -0.4 is 9.64 Å². The molecule has 0 N–H and O–H groups in total. The Morgan fingerprint density at radius 3 is 2.45 bits per heavy atom. The second-order valence-electron chi connectivity index (χ2n) is 4.57. The predicted molar refractivity (Wildman–Crippen MR) is 81.5 cm³/mol. The van der Waals surface area contributed by atoms with Crippen molar-refractivity contribution in [2.75, 3.05) is 18.6 Å². The second kappa shape index (κ2) is 6.24. The molecule has 3 heteroatoms. The van der Waals surface area contributed by atoms with Crippen LogP contribution in [0.3, 0.4) is 0 Å². The van der Waals surface area contributed by atoms with E-state index >= 15 is 0 Å². The Morgan fingerprint density at radius 1 is 1.15 bits per heavy atom. The number of carbonyl (C=O) groups is 1. The Kier molecular flexibility index (Phi) is 4.41. The topological polar surface area (TPSA) is 29.5 Å². The lowest BCUT2D eigenvalue weighted by atomic mass is 10.1. The van der Waals surface area contributed by atoms with Crippen molar-refractivity contribution in [3.8, 4) is 5.75 Å². The summed E-state index contributed by atoms with van der Waals surface area (Å²) in [7, 11) is 1.62. The fourth-order valence-corrected chi connectivity index (χ4v) is 2.16. The van der Waals surface area contributed by atoms with Crippen LogP contribution in [0.5, 0.6) is 5.75 Å². The van der Waals surface area contributed by atoms with Crippen molar-refractivity contribution in [3.63, 3.8) is 0 Å². The molecule has 0 saturated heterocycles. The summed E-state index contributed by atoms with van der Waals surface area (Å²) in [5.74, 6) is 0.719. The number of anilines is 1. The number of aryl methyl sites for hydroxylation is 1. The van der Waals surface area contributed by atoms with Crippen molar-refractivity contribution < 1.29 is 9.53 Å². The van der Waals surface area contributed by atoms with Gasteiger partial charge in [0.15, 0.2) is 0 Å². The minimum absolute atomic E-state index is 0.0167. The minimum Gasteiger partial charge on any atom is -0.496 e. The predicted octanol–water partition coefficient (Wildman–Crippen LogP) is 3.67. The van der Waals surface area contributed by atoms with Crippen molar-refractivity contribution in [1.82, 2.24) is 0 Å². The Labute approximate surface area is 119 Å². The second-order valence-corrected chi connectivity index (χ2v) is 4.57. The van der Waals surface area contributed by atoms with Gasteiger partial charge in [0, 0.05) is 17.8 Å². The zero-order valence-electron chi connectivity index (χ0n) is 12.1. The number of methoxy groups -OCH3 is 1. The fraction of sp³-hybridized carbons (Fsp3) is 0.235. The van der Waals surface area contributed by atoms with E-state index < -0.39 is 0 Å². The van der Waals surface area contributed by atoms with Gasteiger partial charge in [-0.3, -0.25) is 4.79 Å². The lowest BCUT2D eigenvalue weighted by molar-refractivity contribution is 0.0988. The molecule has 3 nitrogen and oxygen atoms in total. The summed E-state index contributed by atoms with van der Waals surface area (Å²) in [6, 6.07) is 15.2. The number of hydrogen-bond donors (Lipinski definition) is 0. The molecule has 104 valence electrons. The van der Waals surface area contributed by atoms with Crippen molar-refractivity contribution in [2.45, 2.75) is 13.8 Å². The van der Waals surface area contributed by atoms with Gasteiger partial charge in [-0.1, -0.05) is 24.3 Å². The molecule has 2 rings (SSSR count). The molecule has 0 heterocycles. The van der Waals surface area contributed by atoms with Crippen LogP contribution in [0, 0.1) is 6.92 Å². The SMILES string of the molecule is CCN(C(=O)c1ccc(C)c(OC)c1)c1ccccc1. The summed E-state index contributed by atoms with van der Waals surface area (Å²) in [5, 5.41) is 0. The van der Waals surface area contributed by atoms with Gasteiger partial charge in [-0.2, -0.15) is 0 Å². The van der Waals surface area contributed by atoms with Crippen LogP contribution in [-0.4, -0.2) is 19.6 Å². The maximum atomic E-state index is 12.6. The maximum Gasteiger partial charge on any atom is 0.258 e. The maximum absolute atomic E-state index is 12.6. The summed E-state index contributed by atoms with van der Waals surface area (Å²) in [6.07, 6.45) is 0. The Hall–Kier alpha value is -2.29. The van der Waals surface area contributed by atoms with E-state index in [0.29, 0.717) is 12.1 Å². The van der Waals surface area contributed by atoms with Gasteiger partial charge < -0.3 is 9.64 Å². The van der Waals surface area contributed by atoms with Gasteiger partial charge in [0.2, 0.25) is 0 Å². The zero-order valence-corrected chi connectivity index (χ0v) is 12.1. The van der Waals surface area contributed by atoms with Gasteiger partial charge in [-0.05, 0) is 43.7 Å². The Balaban J connectivity index is 2.34. The van der Waals surface area contributed by atoms with Gasteiger partial charge in [-0.25, -0.2) is 0 Å². The van der Waals surface area contributed by atoms with Gasteiger partial charge in [0.25, 0.3) is 5.91 Å². The number of rotatable bonds is 4. The lowest BCUT2D eigenvalue weighted by Gasteiger charge is -2.21. The summed E-state index contributed by atoms with van der Waals surface area (Å²) in [4.78, 5) is 14.4. The van der Waals surface area contributed by atoms with Crippen LogP contribution in [0.2, 0.25) is 0 Å². The zero-order chi connectivity index (χ0) is 14.5. The van der Waals surface area contributed by atoms with Crippen LogP contribution >= 0.6 is 0 Å². The highest BCUT2D eigenvalue weighted by Crippen LogP contribution is 2.22. The highest BCUT2D eigenvalue weighted by molar-refractivity contribution is 6.06. The molecule has 0 aromatic heterocycles. The fourth-order valence-electron chi connectivity index (χ4n) is 2.16. The van der Waals surface area contributed by atoms with Crippen molar-refractivity contribution in [1.29, 1.82) is 0 Å². The standard InChI is InChI=1S/C17H19NO2/c1-4-18(15-8-6-5-7-9-15)17(19)14-11-10-13(2)16(12-14)20-3/h5-12H,4H2,1-3H3. The molecular weight excluding hydrogens is 250 g/mol. The molecule has 0 aliphatic carbocycles. The molecule has 1 amide bonds. The molecule has 0 radical (unpaired) electrons. The first-order chi connectivity index (χ1) is 9.67. The molecule has 0 bridgehead atoms. The van der Waals surface area contributed by atoms with E-state index in [4.69, 9.17) is 4.74 Å². The summed E-state index contributed by atoms with van der Waals surface area (Å²) in [5.41, 5.74) is 2.56. The average molecular weight is 269 g/mol. The van der Waals surface area contributed by atoms with Gasteiger partial charge in [-0.15, -0.1) is 0 Å². The van der Waals surface area contributed by atoms with Gasteiger partial charge in [0.05, 0.1) is 7.11 Å². The molecule has 0 spiro atoms. The van der Waals surface area contributed by atoms with Crippen LogP contribution in [0.1, 0.15) is 22.8 Å². The highest BCUT2D eigenvalue weighted by Gasteiger charge is 2.16. The third-order valence-corrected chi connectivity index (χ3v) is 3.28. The number of hydrogen-bond acceptors (Lipinski definition) is 2. The smallest absolute Gasteiger partial charge is 0.258 e. The van der Waals surface area contributed by atoms with E-state index in [1.165, 1.54) is 0 Å². The lowest BCUT2D eigenvalue weighted by Crippen LogP contribution is -2.30. The normalized spacial score (nSPS) is 10.2. The summed E-state index contributed by atoms with van der Waals surface area (Å²) in [6.45, 7) is 4.55. The first kappa shape index (κ1) is 14.1. The first-order valence-corrected chi connectivity index (χ1v) is 6.69. The molecular formula is C17H19NO2. The van der Waals surface area contributed by atoms with Crippen molar-refractivity contribution in [3.05, 3.63) is 59.7 Å². The number of nitrogens with zero attached hydrogens (tertiary/aromatic N) is 1. The summed E-state index contributed by atoms with van der Waals surface area (Å²) < 4.78 is 5.28. The van der Waals surface area contributed by atoms with Crippen LogP contribution in [0.4, 0.5) is 5.69 Å². The van der Waals surface area contributed by atoms with Crippen LogP contribution in [0.25, 0.3) is 0 Å². The third kappa shape index (κ3) is 2.82. The number of amides is 1. The van der Waals surface area contributed by atoms with E-state index in [-0.39, 0.29) is 5.91 Å². The van der Waals surface area contributed by atoms with Crippen molar-refractivity contribution >= 4 is 11.6 Å². The van der Waals surface area contributed by atoms with E-state index in [9.17, 15) is 4.79 Å². The van der Waals surface area contributed by atoms with Crippen molar-refractivity contribution in [2.24, 2.45) is 0 Å².